The second-order valence-electron chi connectivity index (χ2n) is 9.66. The van der Waals surface area contributed by atoms with E-state index in [-0.39, 0.29) is 0 Å². The molecule has 154 valence electrons. The molecule has 2 fully saturated rings. The predicted octanol–water partition coefficient (Wildman–Crippen LogP) is 8.45. The Bertz CT molecular complexity index is 308. The second-order valence-corrected chi connectivity index (χ2v) is 9.66. The van der Waals surface area contributed by atoms with Crippen LogP contribution in [-0.4, -0.2) is 12.2 Å². The fourth-order valence-corrected chi connectivity index (χ4v) is 5.49. The lowest BCUT2D eigenvalue weighted by molar-refractivity contribution is -0.00101. The van der Waals surface area contributed by atoms with Crippen LogP contribution in [0.5, 0.6) is 0 Å². The summed E-state index contributed by atoms with van der Waals surface area (Å²) in [5.74, 6) is 2.00. The van der Waals surface area contributed by atoms with Gasteiger partial charge < -0.3 is 4.74 Å². The average molecular weight is 365 g/mol. The van der Waals surface area contributed by atoms with E-state index in [4.69, 9.17) is 4.74 Å². The Balaban J connectivity index is 1.80. The van der Waals surface area contributed by atoms with Crippen LogP contribution < -0.4 is 0 Å². The van der Waals surface area contributed by atoms with Gasteiger partial charge in [0.25, 0.3) is 0 Å². The van der Waals surface area contributed by atoms with Gasteiger partial charge in [-0.3, -0.25) is 0 Å². The minimum Gasteiger partial charge on any atom is -0.376 e. The molecule has 2 aliphatic carbocycles. The molecule has 0 aromatic rings. The third-order valence-corrected chi connectivity index (χ3v) is 6.99. The van der Waals surface area contributed by atoms with E-state index in [1.807, 2.05) is 0 Å². The highest BCUT2D eigenvalue weighted by Gasteiger charge is 2.26. The molecule has 2 aliphatic rings. The molecular weight excluding hydrogens is 316 g/mol. The summed E-state index contributed by atoms with van der Waals surface area (Å²) in [5.41, 5.74) is 0. The van der Waals surface area contributed by atoms with E-state index >= 15 is 0 Å². The van der Waals surface area contributed by atoms with Crippen LogP contribution in [0.1, 0.15) is 136 Å². The van der Waals surface area contributed by atoms with Gasteiger partial charge in [-0.05, 0) is 44.9 Å². The standard InChI is InChI=1S/C25H48O/c1-22(2)26-25-19-15-18-24(20-21-25)23-16-13-11-9-7-5-3-4-6-8-10-12-14-17-23/h22-25H,3-21H2,1-2H3. The van der Waals surface area contributed by atoms with Gasteiger partial charge in [0.2, 0.25) is 0 Å². The maximum atomic E-state index is 6.16. The van der Waals surface area contributed by atoms with Crippen LogP contribution in [0.15, 0.2) is 0 Å². The van der Waals surface area contributed by atoms with Crippen LogP contribution in [0, 0.1) is 11.8 Å². The molecule has 0 heterocycles. The van der Waals surface area contributed by atoms with Gasteiger partial charge in [0.05, 0.1) is 12.2 Å². The van der Waals surface area contributed by atoms with Crippen molar-refractivity contribution in [3.8, 4) is 0 Å². The van der Waals surface area contributed by atoms with Gasteiger partial charge in [-0.2, -0.15) is 0 Å². The highest BCUT2D eigenvalue weighted by Crippen LogP contribution is 2.36. The Morgan fingerprint density at radius 1 is 0.462 bits per heavy atom. The van der Waals surface area contributed by atoms with Crippen molar-refractivity contribution in [3.05, 3.63) is 0 Å². The van der Waals surface area contributed by atoms with Crippen molar-refractivity contribution in [1.29, 1.82) is 0 Å². The van der Waals surface area contributed by atoms with Crippen LogP contribution >= 0.6 is 0 Å². The largest absolute Gasteiger partial charge is 0.376 e. The van der Waals surface area contributed by atoms with E-state index in [0.29, 0.717) is 12.2 Å². The zero-order valence-electron chi connectivity index (χ0n) is 18.2. The van der Waals surface area contributed by atoms with Crippen molar-refractivity contribution in [2.45, 2.75) is 148 Å². The molecule has 2 rings (SSSR count). The molecule has 0 aromatic carbocycles. The number of hydrogen-bond acceptors (Lipinski definition) is 1. The third-order valence-electron chi connectivity index (χ3n) is 6.99. The molecule has 0 amide bonds. The summed E-state index contributed by atoms with van der Waals surface area (Å²) in [4.78, 5) is 0. The molecule has 0 saturated heterocycles. The minimum absolute atomic E-state index is 0.398. The van der Waals surface area contributed by atoms with E-state index in [1.54, 1.807) is 0 Å². The topological polar surface area (TPSA) is 9.23 Å². The van der Waals surface area contributed by atoms with Crippen molar-refractivity contribution in [2.24, 2.45) is 11.8 Å². The molecule has 0 spiro atoms. The summed E-state index contributed by atoms with van der Waals surface area (Å²) in [5, 5.41) is 0. The number of ether oxygens (including phenoxy) is 1. The van der Waals surface area contributed by atoms with E-state index in [1.165, 1.54) is 122 Å². The molecule has 0 radical (unpaired) electrons. The van der Waals surface area contributed by atoms with Gasteiger partial charge in [0, 0.05) is 0 Å². The molecule has 0 aromatic heterocycles. The van der Waals surface area contributed by atoms with Gasteiger partial charge in [-0.1, -0.05) is 103 Å². The van der Waals surface area contributed by atoms with Crippen LogP contribution in [0.2, 0.25) is 0 Å². The summed E-state index contributed by atoms with van der Waals surface area (Å²) < 4.78 is 6.16. The van der Waals surface area contributed by atoms with Gasteiger partial charge >= 0.3 is 0 Å². The first kappa shape index (κ1) is 22.3. The monoisotopic (exact) mass is 364 g/mol. The first-order valence-corrected chi connectivity index (χ1v) is 12.4. The van der Waals surface area contributed by atoms with Crippen LogP contribution in [0.25, 0.3) is 0 Å². The Morgan fingerprint density at radius 2 is 0.885 bits per heavy atom. The highest BCUT2D eigenvalue weighted by molar-refractivity contribution is 4.77. The molecule has 2 saturated carbocycles. The van der Waals surface area contributed by atoms with Crippen LogP contribution in [0.3, 0.4) is 0 Å². The Labute approximate surface area is 165 Å². The molecule has 2 unspecified atom stereocenters. The molecule has 0 aliphatic heterocycles. The summed E-state index contributed by atoms with van der Waals surface area (Å²) in [6.45, 7) is 4.39. The van der Waals surface area contributed by atoms with E-state index in [0.717, 1.165) is 11.8 Å². The Morgan fingerprint density at radius 3 is 1.38 bits per heavy atom. The summed E-state index contributed by atoms with van der Waals surface area (Å²) in [7, 11) is 0. The molecule has 2 atom stereocenters. The van der Waals surface area contributed by atoms with Crippen LogP contribution in [0.4, 0.5) is 0 Å². The normalized spacial score (nSPS) is 29.7. The first-order chi connectivity index (χ1) is 12.8. The van der Waals surface area contributed by atoms with E-state index < -0.39 is 0 Å². The SMILES string of the molecule is CC(C)OC1CCCC(C2CCCCCCCCCCCCCC2)CC1. The Kier molecular flexibility index (Phi) is 12.0. The fraction of sp³-hybridized carbons (Fsp3) is 1.00. The quantitative estimate of drug-likeness (QED) is 0.456. The zero-order valence-corrected chi connectivity index (χ0v) is 18.2. The third kappa shape index (κ3) is 9.77. The fourth-order valence-electron chi connectivity index (χ4n) is 5.49. The highest BCUT2D eigenvalue weighted by atomic mass is 16.5. The molecule has 26 heavy (non-hydrogen) atoms. The van der Waals surface area contributed by atoms with Gasteiger partial charge in [0.15, 0.2) is 0 Å². The van der Waals surface area contributed by atoms with Gasteiger partial charge in [-0.15, -0.1) is 0 Å². The minimum atomic E-state index is 0.398. The molecule has 0 N–H and O–H groups in total. The average Bonchev–Trinajstić information content (AvgIpc) is 2.85. The summed E-state index contributed by atoms with van der Waals surface area (Å²) in [6.07, 6.45) is 28.8. The van der Waals surface area contributed by atoms with Crippen molar-refractivity contribution in [1.82, 2.24) is 0 Å². The molecule has 1 nitrogen and oxygen atoms in total. The smallest absolute Gasteiger partial charge is 0.0578 e. The van der Waals surface area contributed by atoms with Crippen LogP contribution in [-0.2, 0) is 4.74 Å². The number of hydrogen-bond donors (Lipinski definition) is 0. The van der Waals surface area contributed by atoms with E-state index in [2.05, 4.69) is 13.8 Å². The Hall–Kier alpha value is -0.0400. The summed E-state index contributed by atoms with van der Waals surface area (Å²) in [6, 6.07) is 0. The maximum absolute atomic E-state index is 6.16. The molecule has 1 heteroatoms. The van der Waals surface area contributed by atoms with Gasteiger partial charge in [-0.25, -0.2) is 0 Å². The summed E-state index contributed by atoms with van der Waals surface area (Å²) >= 11 is 0. The lowest BCUT2D eigenvalue weighted by Gasteiger charge is -2.27. The molecule has 0 bridgehead atoms. The van der Waals surface area contributed by atoms with Gasteiger partial charge in [0.1, 0.15) is 0 Å². The van der Waals surface area contributed by atoms with Crippen molar-refractivity contribution < 1.29 is 4.74 Å². The first-order valence-electron chi connectivity index (χ1n) is 12.4. The lowest BCUT2D eigenvalue weighted by atomic mass is 9.79. The molecular formula is C25H48O. The maximum Gasteiger partial charge on any atom is 0.0578 e. The van der Waals surface area contributed by atoms with Crippen molar-refractivity contribution >= 4 is 0 Å². The lowest BCUT2D eigenvalue weighted by Crippen LogP contribution is -2.18. The predicted molar refractivity (Wildman–Crippen MR) is 115 cm³/mol. The zero-order chi connectivity index (χ0) is 18.5. The second kappa shape index (κ2) is 14.0. The number of rotatable bonds is 3. The van der Waals surface area contributed by atoms with Crippen molar-refractivity contribution in [3.63, 3.8) is 0 Å². The van der Waals surface area contributed by atoms with Crippen molar-refractivity contribution in [2.75, 3.05) is 0 Å². The van der Waals surface area contributed by atoms with E-state index in [9.17, 15) is 0 Å².